The Morgan fingerprint density at radius 2 is 1.86 bits per heavy atom. The molecule has 2 aromatic rings. The lowest BCUT2D eigenvalue weighted by atomic mass is 10.3. The van der Waals surface area contributed by atoms with Crippen molar-refractivity contribution in [3.63, 3.8) is 0 Å². The maximum absolute atomic E-state index is 12.1. The van der Waals surface area contributed by atoms with Crippen LogP contribution in [0.25, 0.3) is 0 Å². The minimum atomic E-state index is -0.119. The minimum Gasteiger partial charge on any atom is -0.493 e. The smallest absolute Gasteiger partial charge is 0.260 e. The molecule has 5 heteroatoms. The molecule has 5 nitrogen and oxygen atoms in total. The van der Waals surface area contributed by atoms with Gasteiger partial charge in [0, 0.05) is 13.2 Å². The zero-order valence-electron chi connectivity index (χ0n) is 12.2. The molecular weight excluding hydrogens is 268 g/mol. The molecule has 0 fully saturated rings. The topological polar surface area (TPSA) is 51.7 Å². The molecule has 1 aromatic heterocycles. The first-order valence-corrected chi connectivity index (χ1v) is 6.60. The third-order valence-electron chi connectivity index (χ3n) is 2.97. The predicted octanol–water partition coefficient (Wildman–Crippen LogP) is 2.13. The Morgan fingerprint density at radius 1 is 1.14 bits per heavy atom. The second-order valence-corrected chi connectivity index (χ2v) is 4.51. The van der Waals surface area contributed by atoms with Crippen LogP contribution in [0.1, 0.15) is 5.69 Å². The summed E-state index contributed by atoms with van der Waals surface area (Å²) in [5.41, 5.74) is 0.839. The van der Waals surface area contributed by atoms with Gasteiger partial charge >= 0.3 is 0 Å². The Balaban J connectivity index is 1.89. The van der Waals surface area contributed by atoms with Crippen LogP contribution in [0.2, 0.25) is 0 Å². The van der Waals surface area contributed by atoms with Gasteiger partial charge in [-0.25, -0.2) is 0 Å². The fraction of sp³-hybridized carbons (Fsp3) is 0.250. The summed E-state index contributed by atoms with van der Waals surface area (Å²) < 4.78 is 10.7. The summed E-state index contributed by atoms with van der Waals surface area (Å²) in [5, 5.41) is 0. The molecule has 0 N–H and O–H groups in total. The Labute approximate surface area is 124 Å². The highest BCUT2D eigenvalue weighted by Crippen LogP contribution is 2.25. The number of amides is 1. The standard InChI is InChI=1S/C16H18N2O3/c1-18(11-13-7-5-6-10-17-13)16(19)12-21-15-9-4-3-8-14(15)20-2/h3-10H,11-12H2,1-2H3. The summed E-state index contributed by atoms with van der Waals surface area (Å²) >= 11 is 0. The molecule has 21 heavy (non-hydrogen) atoms. The van der Waals surface area contributed by atoms with Crippen molar-refractivity contribution in [1.82, 2.24) is 9.88 Å². The van der Waals surface area contributed by atoms with Crippen LogP contribution < -0.4 is 9.47 Å². The first-order valence-electron chi connectivity index (χ1n) is 6.60. The molecule has 1 heterocycles. The van der Waals surface area contributed by atoms with Gasteiger partial charge in [-0.2, -0.15) is 0 Å². The van der Waals surface area contributed by atoms with E-state index >= 15 is 0 Å². The van der Waals surface area contributed by atoms with Crippen LogP contribution in [0, 0.1) is 0 Å². The number of carbonyl (C=O) groups is 1. The van der Waals surface area contributed by atoms with Crippen LogP contribution >= 0.6 is 0 Å². The van der Waals surface area contributed by atoms with Gasteiger partial charge in [0.15, 0.2) is 18.1 Å². The molecule has 0 radical (unpaired) electrons. The quantitative estimate of drug-likeness (QED) is 0.816. The van der Waals surface area contributed by atoms with Gasteiger partial charge in [0.2, 0.25) is 0 Å². The number of pyridine rings is 1. The molecule has 1 aromatic carbocycles. The first-order chi connectivity index (χ1) is 10.2. The van der Waals surface area contributed by atoms with Gasteiger partial charge in [0.1, 0.15) is 0 Å². The van der Waals surface area contributed by atoms with Gasteiger partial charge in [0.25, 0.3) is 5.91 Å². The molecule has 0 saturated carbocycles. The summed E-state index contributed by atoms with van der Waals surface area (Å²) in [6, 6.07) is 12.9. The van der Waals surface area contributed by atoms with Crippen LogP contribution in [-0.2, 0) is 11.3 Å². The second-order valence-electron chi connectivity index (χ2n) is 4.51. The van der Waals surface area contributed by atoms with E-state index < -0.39 is 0 Å². The average molecular weight is 286 g/mol. The van der Waals surface area contributed by atoms with E-state index in [2.05, 4.69) is 4.98 Å². The number of carbonyl (C=O) groups excluding carboxylic acids is 1. The van der Waals surface area contributed by atoms with Gasteiger partial charge in [-0.05, 0) is 24.3 Å². The SMILES string of the molecule is COc1ccccc1OCC(=O)N(C)Cc1ccccn1. The van der Waals surface area contributed by atoms with E-state index in [-0.39, 0.29) is 12.5 Å². The summed E-state index contributed by atoms with van der Waals surface area (Å²) in [6.07, 6.45) is 1.71. The molecule has 0 unspecified atom stereocenters. The molecule has 0 atom stereocenters. The van der Waals surface area contributed by atoms with Crippen LogP contribution in [-0.4, -0.2) is 36.6 Å². The molecular formula is C16H18N2O3. The average Bonchev–Trinajstić information content (AvgIpc) is 2.53. The first kappa shape index (κ1) is 14.8. The van der Waals surface area contributed by atoms with Gasteiger partial charge in [-0.1, -0.05) is 18.2 Å². The van der Waals surface area contributed by atoms with Crippen molar-refractivity contribution in [2.75, 3.05) is 20.8 Å². The number of likely N-dealkylation sites (N-methyl/N-ethyl adjacent to an activating group) is 1. The highest BCUT2D eigenvalue weighted by Gasteiger charge is 2.12. The van der Waals surface area contributed by atoms with Crippen molar-refractivity contribution < 1.29 is 14.3 Å². The normalized spacial score (nSPS) is 10.0. The minimum absolute atomic E-state index is 0.0380. The third-order valence-corrected chi connectivity index (χ3v) is 2.97. The molecule has 0 aliphatic heterocycles. The van der Waals surface area contributed by atoms with Crippen molar-refractivity contribution in [3.05, 3.63) is 54.4 Å². The fourth-order valence-electron chi connectivity index (χ4n) is 1.81. The van der Waals surface area contributed by atoms with E-state index in [0.29, 0.717) is 18.0 Å². The predicted molar refractivity (Wildman–Crippen MR) is 79.2 cm³/mol. The number of hydrogen-bond donors (Lipinski definition) is 0. The summed E-state index contributed by atoms with van der Waals surface area (Å²) in [7, 11) is 3.29. The van der Waals surface area contributed by atoms with E-state index in [1.165, 1.54) is 0 Å². The lowest BCUT2D eigenvalue weighted by Crippen LogP contribution is -2.31. The molecule has 0 bridgehead atoms. The van der Waals surface area contributed by atoms with Gasteiger partial charge in [0.05, 0.1) is 19.3 Å². The van der Waals surface area contributed by atoms with Crippen LogP contribution in [0.4, 0.5) is 0 Å². The van der Waals surface area contributed by atoms with Crippen LogP contribution in [0.5, 0.6) is 11.5 Å². The molecule has 110 valence electrons. The van der Waals surface area contributed by atoms with Crippen molar-refractivity contribution in [1.29, 1.82) is 0 Å². The molecule has 0 spiro atoms. The van der Waals surface area contributed by atoms with E-state index in [1.54, 1.807) is 37.4 Å². The van der Waals surface area contributed by atoms with Crippen molar-refractivity contribution >= 4 is 5.91 Å². The second kappa shape index (κ2) is 7.28. The fourth-order valence-corrected chi connectivity index (χ4v) is 1.81. The van der Waals surface area contributed by atoms with Gasteiger partial charge in [-0.3, -0.25) is 9.78 Å². The highest BCUT2D eigenvalue weighted by atomic mass is 16.5. The number of aromatic nitrogens is 1. The summed E-state index contributed by atoms with van der Waals surface area (Å²) in [6.45, 7) is 0.415. The van der Waals surface area contributed by atoms with Crippen molar-refractivity contribution in [2.45, 2.75) is 6.54 Å². The van der Waals surface area contributed by atoms with E-state index in [1.807, 2.05) is 30.3 Å². The Kier molecular flexibility index (Phi) is 5.15. The maximum atomic E-state index is 12.1. The van der Waals surface area contributed by atoms with Crippen LogP contribution in [0.3, 0.4) is 0 Å². The molecule has 1 amide bonds. The highest BCUT2D eigenvalue weighted by molar-refractivity contribution is 5.77. The Hall–Kier alpha value is -2.56. The number of rotatable bonds is 6. The lowest BCUT2D eigenvalue weighted by molar-refractivity contribution is -0.132. The number of methoxy groups -OCH3 is 1. The van der Waals surface area contributed by atoms with E-state index in [4.69, 9.17) is 9.47 Å². The monoisotopic (exact) mass is 286 g/mol. The van der Waals surface area contributed by atoms with E-state index in [9.17, 15) is 4.79 Å². The number of benzene rings is 1. The van der Waals surface area contributed by atoms with Crippen LogP contribution in [0.15, 0.2) is 48.7 Å². The number of hydrogen-bond acceptors (Lipinski definition) is 4. The molecule has 0 aliphatic rings. The lowest BCUT2D eigenvalue weighted by Gasteiger charge is -2.17. The van der Waals surface area contributed by atoms with Gasteiger partial charge < -0.3 is 14.4 Å². The molecule has 0 aliphatic carbocycles. The maximum Gasteiger partial charge on any atom is 0.260 e. The largest absolute Gasteiger partial charge is 0.493 e. The Bertz CT molecular complexity index is 587. The van der Waals surface area contributed by atoms with Crippen molar-refractivity contribution in [3.8, 4) is 11.5 Å². The summed E-state index contributed by atoms with van der Waals surface area (Å²) in [5.74, 6) is 1.05. The van der Waals surface area contributed by atoms with Gasteiger partial charge in [-0.15, -0.1) is 0 Å². The number of nitrogens with zero attached hydrogens (tertiary/aromatic N) is 2. The number of para-hydroxylation sites is 2. The molecule has 2 rings (SSSR count). The molecule has 0 saturated heterocycles. The Morgan fingerprint density at radius 3 is 2.52 bits per heavy atom. The number of ether oxygens (including phenoxy) is 2. The zero-order valence-corrected chi connectivity index (χ0v) is 12.2. The third kappa shape index (κ3) is 4.21. The van der Waals surface area contributed by atoms with Crippen molar-refractivity contribution in [2.24, 2.45) is 0 Å². The zero-order chi connectivity index (χ0) is 15.1. The summed E-state index contributed by atoms with van der Waals surface area (Å²) in [4.78, 5) is 17.8. The van der Waals surface area contributed by atoms with E-state index in [0.717, 1.165) is 5.69 Å².